The van der Waals surface area contributed by atoms with Gasteiger partial charge in [0.05, 0.1) is 4.90 Å². The van der Waals surface area contributed by atoms with Crippen molar-refractivity contribution in [2.75, 3.05) is 18.4 Å². The number of amides is 1. The van der Waals surface area contributed by atoms with Crippen molar-refractivity contribution in [1.29, 1.82) is 0 Å². The van der Waals surface area contributed by atoms with Crippen molar-refractivity contribution in [2.24, 2.45) is 5.92 Å². The predicted molar refractivity (Wildman–Crippen MR) is 107 cm³/mol. The van der Waals surface area contributed by atoms with Gasteiger partial charge >= 0.3 is 0 Å². The summed E-state index contributed by atoms with van der Waals surface area (Å²) in [6.07, 6.45) is 1.77. The van der Waals surface area contributed by atoms with Gasteiger partial charge in [0.25, 0.3) is 5.91 Å². The summed E-state index contributed by atoms with van der Waals surface area (Å²) in [7, 11) is -3.50. The lowest BCUT2D eigenvalue weighted by molar-refractivity contribution is 0.102. The molecule has 1 aliphatic heterocycles. The molecule has 2 aromatic carbocycles. The number of benzene rings is 2. The van der Waals surface area contributed by atoms with Crippen LogP contribution in [0.25, 0.3) is 0 Å². The van der Waals surface area contributed by atoms with Gasteiger partial charge in [0, 0.05) is 24.3 Å². The number of hydrogen-bond acceptors (Lipinski definition) is 3. The van der Waals surface area contributed by atoms with Gasteiger partial charge in [-0.2, -0.15) is 4.31 Å². The third-order valence-corrected chi connectivity index (χ3v) is 7.17. The molecule has 6 heteroatoms. The average molecular weight is 387 g/mol. The number of sulfonamides is 1. The Balaban J connectivity index is 1.72. The fourth-order valence-corrected chi connectivity index (χ4v) is 4.64. The van der Waals surface area contributed by atoms with E-state index in [0.717, 1.165) is 29.7 Å². The fourth-order valence-electron chi connectivity index (χ4n) is 3.18. The van der Waals surface area contributed by atoms with Gasteiger partial charge in [0.2, 0.25) is 10.0 Å². The molecule has 0 atom stereocenters. The fraction of sp³-hybridized carbons (Fsp3) is 0.381. The second-order valence-corrected chi connectivity index (χ2v) is 9.30. The molecule has 0 aliphatic carbocycles. The van der Waals surface area contributed by atoms with Crippen LogP contribution in [-0.2, 0) is 10.0 Å². The minimum atomic E-state index is -3.50. The molecule has 144 valence electrons. The summed E-state index contributed by atoms with van der Waals surface area (Å²) in [6, 6.07) is 11.9. The van der Waals surface area contributed by atoms with E-state index in [-0.39, 0.29) is 10.8 Å². The molecule has 1 saturated heterocycles. The number of aryl methyl sites for hydroxylation is 2. The van der Waals surface area contributed by atoms with Gasteiger partial charge in [-0.3, -0.25) is 4.79 Å². The molecule has 0 radical (unpaired) electrons. The molecule has 0 unspecified atom stereocenters. The second kappa shape index (κ2) is 7.82. The summed E-state index contributed by atoms with van der Waals surface area (Å²) in [4.78, 5) is 12.7. The first kappa shape index (κ1) is 19.6. The molecule has 1 fully saturated rings. The minimum Gasteiger partial charge on any atom is -0.322 e. The van der Waals surface area contributed by atoms with Crippen LogP contribution in [0.4, 0.5) is 5.69 Å². The van der Waals surface area contributed by atoms with Crippen LogP contribution in [0, 0.1) is 19.8 Å². The van der Waals surface area contributed by atoms with E-state index in [4.69, 9.17) is 0 Å². The third-order valence-electron chi connectivity index (χ3n) is 5.26. The number of carbonyl (C=O) groups excluding carboxylic acids is 1. The van der Waals surface area contributed by atoms with Gasteiger partial charge in [0.1, 0.15) is 0 Å². The zero-order chi connectivity index (χ0) is 19.6. The van der Waals surface area contributed by atoms with Crippen LogP contribution in [0.2, 0.25) is 0 Å². The molecule has 0 aromatic heterocycles. The number of nitrogens with one attached hydrogen (secondary N) is 1. The highest BCUT2D eigenvalue weighted by Crippen LogP contribution is 2.24. The quantitative estimate of drug-likeness (QED) is 0.864. The maximum absolute atomic E-state index is 12.8. The van der Waals surface area contributed by atoms with Crippen LogP contribution >= 0.6 is 0 Å². The lowest BCUT2D eigenvalue weighted by Gasteiger charge is -2.29. The first-order chi connectivity index (χ1) is 12.8. The highest BCUT2D eigenvalue weighted by Gasteiger charge is 2.28. The van der Waals surface area contributed by atoms with Gasteiger partial charge in [0.15, 0.2) is 0 Å². The maximum atomic E-state index is 12.8. The van der Waals surface area contributed by atoms with Crippen molar-refractivity contribution in [1.82, 2.24) is 4.31 Å². The van der Waals surface area contributed by atoms with Crippen LogP contribution in [0.3, 0.4) is 0 Å². The number of nitrogens with zero attached hydrogens (tertiary/aromatic N) is 1. The first-order valence-corrected chi connectivity index (χ1v) is 10.7. The van der Waals surface area contributed by atoms with Crippen molar-refractivity contribution < 1.29 is 13.2 Å². The average Bonchev–Trinajstić information content (AvgIpc) is 2.65. The Morgan fingerprint density at radius 2 is 1.63 bits per heavy atom. The van der Waals surface area contributed by atoms with Crippen LogP contribution in [0.1, 0.15) is 41.3 Å². The molecule has 1 heterocycles. The predicted octanol–water partition coefficient (Wildman–Crippen LogP) is 3.98. The van der Waals surface area contributed by atoms with E-state index in [1.54, 1.807) is 12.1 Å². The monoisotopic (exact) mass is 386 g/mol. The van der Waals surface area contributed by atoms with Crippen molar-refractivity contribution >= 4 is 21.6 Å². The molecule has 0 spiro atoms. The number of carbonyl (C=O) groups is 1. The topological polar surface area (TPSA) is 66.5 Å². The number of anilines is 1. The Labute approximate surface area is 161 Å². The first-order valence-electron chi connectivity index (χ1n) is 9.26. The number of hydrogen-bond donors (Lipinski definition) is 1. The van der Waals surface area contributed by atoms with Crippen LogP contribution < -0.4 is 5.32 Å². The molecule has 5 nitrogen and oxygen atoms in total. The zero-order valence-corrected chi connectivity index (χ0v) is 16.8. The number of rotatable bonds is 4. The highest BCUT2D eigenvalue weighted by molar-refractivity contribution is 7.89. The van der Waals surface area contributed by atoms with Gasteiger partial charge in [-0.15, -0.1) is 0 Å². The maximum Gasteiger partial charge on any atom is 0.255 e. The molecular formula is C21H26N2O3S. The standard InChI is InChI=1S/C21H26N2O3S/c1-15-10-12-23(13-11-15)27(25,26)20-8-5-18(6-9-20)21(24)22-19-7-4-16(2)17(3)14-19/h4-9,14-15H,10-13H2,1-3H3,(H,22,24). The Morgan fingerprint density at radius 1 is 1.00 bits per heavy atom. The normalized spacial score (nSPS) is 16.3. The van der Waals surface area contributed by atoms with Crippen LogP contribution in [0.15, 0.2) is 47.4 Å². The summed E-state index contributed by atoms with van der Waals surface area (Å²) in [6.45, 7) is 7.26. The molecule has 2 aromatic rings. The van der Waals surface area contributed by atoms with Crippen molar-refractivity contribution in [2.45, 2.75) is 38.5 Å². The van der Waals surface area contributed by atoms with Crippen molar-refractivity contribution in [3.05, 3.63) is 59.2 Å². The van der Waals surface area contributed by atoms with E-state index in [1.165, 1.54) is 16.4 Å². The summed E-state index contributed by atoms with van der Waals surface area (Å²) >= 11 is 0. The van der Waals surface area contributed by atoms with E-state index in [1.807, 2.05) is 32.0 Å². The smallest absolute Gasteiger partial charge is 0.255 e. The summed E-state index contributed by atoms with van der Waals surface area (Å²) < 4.78 is 27.1. The molecule has 1 amide bonds. The number of piperidine rings is 1. The summed E-state index contributed by atoms with van der Waals surface area (Å²) in [5.74, 6) is 0.307. The van der Waals surface area contributed by atoms with Crippen molar-refractivity contribution in [3.8, 4) is 0 Å². The second-order valence-electron chi connectivity index (χ2n) is 7.36. The summed E-state index contributed by atoms with van der Waals surface area (Å²) in [5.41, 5.74) is 3.42. The Bertz CT molecular complexity index is 928. The van der Waals surface area contributed by atoms with E-state index >= 15 is 0 Å². The van der Waals surface area contributed by atoms with Gasteiger partial charge in [-0.05, 0) is 80.1 Å². The molecule has 1 aliphatic rings. The van der Waals surface area contributed by atoms with Gasteiger partial charge in [-0.25, -0.2) is 8.42 Å². The van der Waals surface area contributed by atoms with E-state index in [0.29, 0.717) is 24.6 Å². The third kappa shape index (κ3) is 4.39. The molecule has 1 N–H and O–H groups in total. The van der Waals surface area contributed by atoms with Crippen LogP contribution in [-0.4, -0.2) is 31.7 Å². The lowest BCUT2D eigenvalue weighted by Crippen LogP contribution is -2.37. The van der Waals surface area contributed by atoms with Gasteiger partial charge in [-0.1, -0.05) is 13.0 Å². The minimum absolute atomic E-state index is 0.236. The molecule has 27 heavy (non-hydrogen) atoms. The van der Waals surface area contributed by atoms with E-state index in [2.05, 4.69) is 12.2 Å². The van der Waals surface area contributed by atoms with Gasteiger partial charge < -0.3 is 5.32 Å². The molecule has 0 bridgehead atoms. The molecular weight excluding hydrogens is 360 g/mol. The Hall–Kier alpha value is -2.18. The Morgan fingerprint density at radius 3 is 2.22 bits per heavy atom. The van der Waals surface area contributed by atoms with E-state index < -0.39 is 10.0 Å². The van der Waals surface area contributed by atoms with E-state index in [9.17, 15) is 13.2 Å². The lowest BCUT2D eigenvalue weighted by atomic mass is 10.0. The van der Waals surface area contributed by atoms with Crippen molar-refractivity contribution in [3.63, 3.8) is 0 Å². The largest absolute Gasteiger partial charge is 0.322 e. The highest BCUT2D eigenvalue weighted by atomic mass is 32.2. The SMILES string of the molecule is Cc1ccc(NC(=O)c2ccc(S(=O)(=O)N3CCC(C)CC3)cc2)cc1C. The Kier molecular flexibility index (Phi) is 5.67. The van der Waals surface area contributed by atoms with Crippen LogP contribution in [0.5, 0.6) is 0 Å². The zero-order valence-electron chi connectivity index (χ0n) is 16.0. The summed E-state index contributed by atoms with van der Waals surface area (Å²) in [5, 5.41) is 2.85. The molecule has 0 saturated carbocycles. The molecule has 3 rings (SSSR count).